The number of alkyl halides is 3. The zero-order chi connectivity index (χ0) is 23.9. The molecule has 10 heteroatoms. The van der Waals surface area contributed by atoms with Crippen molar-refractivity contribution in [3.63, 3.8) is 0 Å². The molecule has 1 saturated heterocycles. The van der Waals surface area contributed by atoms with Gasteiger partial charge in [-0.3, -0.25) is 14.4 Å². The van der Waals surface area contributed by atoms with E-state index in [0.29, 0.717) is 43.8 Å². The van der Waals surface area contributed by atoms with Crippen LogP contribution in [0.15, 0.2) is 24.3 Å². The number of halogens is 3. The van der Waals surface area contributed by atoms with Crippen molar-refractivity contribution in [3.8, 4) is 0 Å². The van der Waals surface area contributed by atoms with E-state index in [4.69, 9.17) is 5.73 Å². The molecule has 0 bridgehead atoms. The van der Waals surface area contributed by atoms with Crippen LogP contribution >= 0.6 is 0 Å². The largest absolute Gasteiger partial charge is 0.471 e. The van der Waals surface area contributed by atoms with Crippen molar-refractivity contribution in [1.82, 2.24) is 10.2 Å². The highest BCUT2D eigenvalue weighted by Crippen LogP contribution is 2.23. The Kier molecular flexibility index (Phi) is 9.06. The molecule has 1 fully saturated rings. The molecule has 178 valence electrons. The summed E-state index contributed by atoms with van der Waals surface area (Å²) in [5, 5.41) is 4.57. The van der Waals surface area contributed by atoms with Gasteiger partial charge < -0.3 is 21.3 Å². The minimum Gasteiger partial charge on any atom is -0.336 e. The molecule has 1 aliphatic heterocycles. The van der Waals surface area contributed by atoms with Crippen molar-refractivity contribution >= 4 is 23.4 Å². The lowest BCUT2D eigenvalue weighted by Gasteiger charge is -2.29. The van der Waals surface area contributed by atoms with Gasteiger partial charge >= 0.3 is 12.1 Å². The molecule has 7 nitrogen and oxygen atoms in total. The Labute approximate surface area is 185 Å². The predicted molar refractivity (Wildman–Crippen MR) is 115 cm³/mol. The quantitative estimate of drug-likeness (QED) is 0.497. The van der Waals surface area contributed by atoms with Crippen LogP contribution in [-0.4, -0.2) is 54.0 Å². The molecule has 2 rings (SSSR count). The third kappa shape index (κ3) is 6.94. The van der Waals surface area contributed by atoms with E-state index in [1.807, 2.05) is 12.1 Å². The van der Waals surface area contributed by atoms with E-state index in [1.165, 1.54) is 4.90 Å². The Balaban J connectivity index is 2.10. The van der Waals surface area contributed by atoms with Gasteiger partial charge in [0.25, 0.3) is 0 Å². The number of hydrogen-bond acceptors (Lipinski definition) is 4. The molecule has 2 atom stereocenters. The number of rotatable bonds is 9. The molecule has 1 aliphatic rings. The van der Waals surface area contributed by atoms with Crippen molar-refractivity contribution in [3.05, 3.63) is 29.8 Å². The second-order valence-electron chi connectivity index (χ2n) is 8.26. The molecule has 0 spiro atoms. The number of benzene rings is 1. The molecule has 0 saturated carbocycles. The van der Waals surface area contributed by atoms with Gasteiger partial charge in [-0.05, 0) is 62.3 Å². The van der Waals surface area contributed by atoms with Gasteiger partial charge in [0.1, 0.15) is 12.1 Å². The van der Waals surface area contributed by atoms with Crippen LogP contribution in [0, 0.1) is 0 Å². The first-order valence-corrected chi connectivity index (χ1v) is 10.8. The molecule has 3 amide bonds. The average molecular weight is 457 g/mol. The summed E-state index contributed by atoms with van der Waals surface area (Å²) >= 11 is 0. The monoisotopic (exact) mass is 456 g/mol. The fraction of sp³-hybridized carbons (Fsp3) is 0.591. The highest BCUT2D eigenvalue weighted by atomic mass is 19.4. The maximum absolute atomic E-state index is 13.0. The number of nitrogens with one attached hydrogen (secondary N) is 2. The van der Waals surface area contributed by atoms with E-state index < -0.39 is 36.0 Å². The summed E-state index contributed by atoms with van der Waals surface area (Å²) in [4.78, 5) is 38.6. The lowest BCUT2D eigenvalue weighted by atomic mass is 10.0. The number of nitrogens with two attached hydrogens (primary N) is 1. The van der Waals surface area contributed by atoms with Crippen molar-refractivity contribution in [2.45, 2.75) is 70.1 Å². The van der Waals surface area contributed by atoms with Crippen LogP contribution in [0.25, 0.3) is 0 Å². The Hall–Kier alpha value is -2.62. The maximum Gasteiger partial charge on any atom is 0.471 e. The van der Waals surface area contributed by atoms with Crippen LogP contribution in [0.5, 0.6) is 0 Å². The highest BCUT2D eigenvalue weighted by molar-refractivity contribution is 5.99. The molecule has 0 radical (unpaired) electrons. The number of anilines is 1. The summed E-state index contributed by atoms with van der Waals surface area (Å²) < 4.78 is 38.2. The molecular weight excluding hydrogens is 425 g/mol. The van der Waals surface area contributed by atoms with Crippen LogP contribution in [0.2, 0.25) is 0 Å². The van der Waals surface area contributed by atoms with Crippen molar-refractivity contribution in [2.24, 2.45) is 5.73 Å². The number of unbranched alkanes of at least 4 members (excludes halogenated alkanes) is 1. The lowest BCUT2D eigenvalue weighted by molar-refractivity contribution is -0.175. The van der Waals surface area contributed by atoms with Crippen LogP contribution in [0.3, 0.4) is 0 Å². The van der Waals surface area contributed by atoms with Crippen molar-refractivity contribution in [1.29, 1.82) is 0 Å². The number of likely N-dealkylation sites (tertiary alicyclic amines) is 1. The van der Waals surface area contributed by atoms with Gasteiger partial charge in [-0.1, -0.05) is 26.0 Å². The Morgan fingerprint density at radius 1 is 1.16 bits per heavy atom. The Morgan fingerprint density at radius 2 is 1.81 bits per heavy atom. The molecule has 2 unspecified atom stereocenters. The normalized spacial score (nSPS) is 17.3. The smallest absolute Gasteiger partial charge is 0.336 e. The molecule has 0 aliphatic carbocycles. The molecule has 4 N–H and O–H groups in total. The molecule has 1 aromatic carbocycles. The molecule has 0 aromatic heterocycles. The minimum absolute atomic E-state index is 0.0133. The van der Waals surface area contributed by atoms with Gasteiger partial charge in [-0.25, -0.2) is 0 Å². The number of carbonyl (C=O) groups is 3. The van der Waals surface area contributed by atoms with Crippen LogP contribution in [-0.2, 0) is 14.4 Å². The fourth-order valence-electron chi connectivity index (χ4n) is 3.67. The van der Waals surface area contributed by atoms with Crippen LogP contribution < -0.4 is 16.4 Å². The predicted octanol–water partition coefficient (Wildman–Crippen LogP) is 2.92. The molecule has 1 aromatic rings. The van der Waals surface area contributed by atoms with E-state index in [1.54, 1.807) is 17.4 Å². The van der Waals surface area contributed by atoms with Crippen molar-refractivity contribution < 1.29 is 27.6 Å². The van der Waals surface area contributed by atoms with E-state index in [0.717, 1.165) is 5.56 Å². The molecule has 32 heavy (non-hydrogen) atoms. The first kappa shape index (κ1) is 25.6. The Bertz CT molecular complexity index is 797. The van der Waals surface area contributed by atoms with Gasteiger partial charge in [-0.2, -0.15) is 13.2 Å². The lowest BCUT2D eigenvalue weighted by Crippen LogP contribution is -2.54. The second kappa shape index (κ2) is 11.3. The van der Waals surface area contributed by atoms with E-state index >= 15 is 0 Å². The number of carbonyl (C=O) groups excluding carboxylic acids is 3. The topological polar surface area (TPSA) is 105 Å². The second-order valence-corrected chi connectivity index (χ2v) is 8.26. The van der Waals surface area contributed by atoms with E-state index in [9.17, 15) is 27.6 Å². The SMILES string of the molecule is CC(C)c1ccc(NC(=O)C2CCCN2C(=O)C(CCCCN)NC(=O)C(F)(F)F)cc1. The summed E-state index contributed by atoms with van der Waals surface area (Å²) in [6.45, 7) is 4.66. The van der Waals surface area contributed by atoms with Gasteiger partial charge in [0.15, 0.2) is 0 Å². The van der Waals surface area contributed by atoms with Gasteiger partial charge in [0, 0.05) is 12.2 Å². The summed E-state index contributed by atoms with van der Waals surface area (Å²) in [5.41, 5.74) is 7.11. The maximum atomic E-state index is 13.0. The first-order valence-electron chi connectivity index (χ1n) is 10.8. The fourth-order valence-corrected chi connectivity index (χ4v) is 3.67. The number of amides is 3. The molecular formula is C22H31F3N4O3. The first-order chi connectivity index (χ1) is 15.0. The summed E-state index contributed by atoms with van der Waals surface area (Å²) in [7, 11) is 0. The Morgan fingerprint density at radius 3 is 2.38 bits per heavy atom. The zero-order valence-corrected chi connectivity index (χ0v) is 18.4. The third-order valence-corrected chi connectivity index (χ3v) is 5.49. The van der Waals surface area contributed by atoms with Crippen LogP contribution in [0.1, 0.15) is 57.4 Å². The zero-order valence-electron chi connectivity index (χ0n) is 18.4. The summed E-state index contributed by atoms with van der Waals surface area (Å²) in [5.74, 6) is -2.93. The molecule has 1 heterocycles. The number of hydrogen-bond donors (Lipinski definition) is 3. The third-order valence-electron chi connectivity index (χ3n) is 5.49. The van der Waals surface area contributed by atoms with E-state index in [-0.39, 0.29) is 13.0 Å². The van der Waals surface area contributed by atoms with Gasteiger partial charge in [-0.15, -0.1) is 0 Å². The number of nitrogens with zero attached hydrogens (tertiary/aromatic N) is 1. The van der Waals surface area contributed by atoms with E-state index in [2.05, 4.69) is 19.2 Å². The van der Waals surface area contributed by atoms with Crippen molar-refractivity contribution in [2.75, 3.05) is 18.4 Å². The van der Waals surface area contributed by atoms with Gasteiger partial charge in [0.2, 0.25) is 11.8 Å². The standard InChI is InChI=1S/C22H31F3N4O3/c1-14(2)15-8-10-16(11-9-15)27-19(30)18-7-5-13-29(18)20(31)17(6-3-4-12-26)28-21(32)22(23,24)25/h8-11,14,17-18H,3-7,12-13,26H2,1-2H3,(H,27,30)(H,28,32). The minimum atomic E-state index is -5.10. The average Bonchev–Trinajstić information content (AvgIpc) is 3.22. The summed E-state index contributed by atoms with van der Waals surface area (Å²) in [6, 6.07) is 5.17. The highest BCUT2D eigenvalue weighted by Gasteiger charge is 2.43. The van der Waals surface area contributed by atoms with Gasteiger partial charge in [0.05, 0.1) is 0 Å². The van der Waals surface area contributed by atoms with Crippen LogP contribution in [0.4, 0.5) is 18.9 Å². The summed E-state index contributed by atoms with van der Waals surface area (Å²) in [6.07, 6.45) is -3.28.